The first-order valence-electron chi connectivity index (χ1n) is 18.2. The van der Waals surface area contributed by atoms with Gasteiger partial charge in [-0.15, -0.1) is 0 Å². The van der Waals surface area contributed by atoms with Crippen molar-refractivity contribution in [1.82, 2.24) is 5.32 Å². The topological polar surface area (TPSA) is 221 Å². The van der Waals surface area contributed by atoms with Gasteiger partial charge in [-0.1, -0.05) is 43.7 Å². The Bertz CT molecular complexity index is 1820. The summed E-state index contributed by atoms with van der Waals surface area (Å²) in [6.45, 7) is 12.6. The van der Waals surface area contributed by atoms with Gasteiger partial charge in [0.15, 0.2) is 23.6 Å². The lowest BCUT2D eigenvalue weighted by Gasteiger charge is -2.67. The molecule has 1 aromatic carbocycles. The second-order valence-electron chi connectivity index (χ2n) is 16.1. The fourth-order valence-electron chi connectivity index (χ4n) is 9.18. The van der Waals surface area contributed by atoms with Gasteiger partial charge in [0.1, 0.15) is 23.9 Å². The Kier molecular flexibility index (Phi) is 11.3. The van der Waals surface area contributed by atoms with E-state index in [0.29, 0.717) is 5.57 Å². The number of carbonyl (C=O) groups excluding carboxylic acids is 6. The van der Waals surface area contributed by atoms with E-state index in [2.05, 4.69) is 5.32 Å². The van der Waals surface area contributed by atoms with Gasteiger partial charge in [-0.2, -0.15) is 0 Å². The van der Waals surface area contributed by atoms with Crippen molar-refractivity contribution >= 4 is 35.6 Å². The van der Waals surface area contributed by atoms with Crippen molar-refractivity contribution in [2.24, 2.45) is 16.7 Å². The molecule has 0 radical (unpaired) electrons. The van der Waals surface area contributed by atoms with E-state index in [1.807, 2.05) is 0 Å². The molecule has 55 heavy (non-hydrogen) atoms. The minimum absolute atomic E-state index is 0.0117. The van der Waals surface area contributed by atoms with Gasteiger partial charge in [0.25, 0.3) is 0 Å². The lowest BCUT2D eigenvalue weighted by Crippen LogP contribution is -2.82. The Morgan fingerprint density at radius 2 is 1.60 bits per heavy atom. The third-order valence-electron chi connectivity index (χ3n) is 11.9. The molecule has 2 bridgehead atoms. The SMILES string of the molecule is CC(=O)NC(C=C(C)C)C(O)C(=O)OC1CC2(O)C(OC(=O)c3ccccc3)C3C4(OC(C)=O)COC4CC(O)[C@@]3(C)C(=O)C(OC(C)=O)C(=C1C)C2(C)C. The summed E-state index contributed by atoms with van der Waals surface area (Å²) < 4.78 is 29.9. The summed E-state index contributed by atoms with van der Waals surface area (Å²) in [6, 6.07) is 6.64. The van der Waals surface area contributed by atoms with Crippen LogP contribution in [0.5, 0.6) is 0 Å². The van der Waals surface area contributed by atoms with Crippen LogP contribution in [0, 0.1) is 16.7 Å². The molecule has 300 valence electrons. The van der Waals surface area contributed by atoms with Crippen LogP contribution in [-0.2, 0) is 47.7 Å². The van der Waals surface area contributed by atoms with Crippen molar-refractivity contribution in [1.29, 1.82) is 0 Å². The lowest BCUT2D eigenvalue weighted by atomic mass is 9.44. The van der Waals surface area contributed by atoms with Gasteiger partial charge in [-0.25, -0.2) is 9.59 Å². The lowest BCUT2D eigenvalue weighted by molar-refractivity contribution is -0.346. The Balaban J connectivity index is 1.78. The van der Waals surface area contributed by atoms with Crippen molar-refractivity contribution in [2.75, 3.05) is 6.61 Å². The van der Waals surface area contributed by atoms with Crippen LogP contribution < -0.4 is 5.32 Å². The molecule has 1 amide bonds. The molecule has 3 aliphatic carbocycles. The summed E-state index contributed by atoms with van der Waals surface area (Å²) in [6.07, 6.45) is -8.76. The number of allylic oxidation sites excluding steroid dienone is 1. The second kappa shape index (κ2) is 14.9. The second-order valence-corrected chi connectivity index (χ2v) is 16.1. The molecular formula is C40H51NO14. The number of carbonyl (C=O) groups is 6. The third kappa shape index (κ3) is 7.00. The van der Waals surface area contributed by atoms with Crippen molar-refractivity contribution < 1.29 is 67.8 Å². The Hall–Kier alpha value is -4.44. The number of ether oxygens (including phenoxy) is 5. The van der Waals surface area contributed by atoms with E-state index >= 15 is 4.79 Å². The first kappa shape index (κ1) is 41.7. The van der Waals surface area contributed by atoms with Crippen molar-refractivity contribution in [3.05, 3.63) is 58.7 Å². The molecule has 3 fully saturated rings. The van der Waals surface area contributed by atoms with E-state index in [1.165, 1.54) is 39.0 Å². The van der Waals surface area contributed by atoms with Crippen molar-refractivity contribution in [2.45, 2.75) is 129 Å². The van der Waals surface area contributed by atoms with E-state index < -0.39 is 113 Å². The highest BCUT2D eigenvalue weighted by Crippen LogP contribution is 2.64. The summed E-state index contributed by atoms with van der Waals surface area (Å²) in [4.78, 5) is 80.9. The molecule has 0 aromatic heterocycles. The summed E-state index contributed by atoms with van der Waals surface area (Å²) >= 11 is 0. The van der Waals surface area contributed by atoms with Crippen LogP contribution in [0.15, 0.2) is 53.1 Å². The molecule has 1 aliphatic heterocycles. The van der Waals surface area contributed by atoms with Crippen LogP contribution >= 0.6 is 0 Å². The van der Waals surface area contributed by atoms with Crippen molar-refractivity contribution in [3.8, 4) is 0 Å². The first-order chi connectivity index (χ1) is 25.5. The number of ketones is 1. The molecule has 10 unspecified atom stereocenters. The van der Waals surface area contributed by atoms with Crippen molar-refractivity contribution in [3.63, 3.8) is 0 Å². The average molecular weight is 770 g/mol. The number of fused-ring (bicyclic) bond motifs is 5. The molecule has 2 saturated carbocycles. The number of nitrogens with one attached hydrogen (secondary N) is 1. The quantitative estimate of drug-likeness (QED) is 0.161. The number of benzene rings is 1. The molecule has 15 nitrogen and oxygen atoms in total. The maximum absolute atomic E-state index is 15.3. The van der Waals surface area contributed by atoms with Crippen LogP contribution in [0.25, 0.3) is 0 Å². The molecule has 11 atom stereocenters. The molecule has 5 rings (SSSR count). The fraction of sp³-hybridized carbons (Fsp3) is 0.600. The predicted octanol–water partition coefficient (Wildman–Crippen LogP) is 2.04. The zero-order valence-corrected chi connectivity index (χ0v) is 32.5. The molecule has 1 aromatic rings. The number of Topliss-reactive ketones (excluding diaryl/α,β-unsaturated/α-hetero) is 1. The molecule has 1 saturated heterocycles. The number of amides is 1. The highest BCUT2D eigenvalue weighted by atomic mass is 16.6. The van der Waals surface area contributed by atoms with E-state index in [0.717, 1.165) is 13.8 Å². The highest BCUT2D eigenvalue weighted by molar-refractivity contribution is 5.95. The molecule has 1 heterocycles. The fourth-order valence-corrected chi connectivity index (χ4v) is 9.18. The Labute approximate surface area is 319 Å². The molecule has 0 spiro atoms. The average Bonchev–Trinajstić information content (AvgIpc) is 3.08. The maximum atomic E-state index is 15.3. The van der Waals surface area contributed by atoms with Crippen LogP contribution in [0.3, 0.4) is 0 Å². The van der Waals surface area contributed by atoms with Gasteiger partial charge in [-0.05, 0) is 51.0 Å². The van der Waals surface area contributed by atoms with E-state index in [9.17, 15) is 39.3 Å². The van der Waals surface area contributed by atoms with E-state index in [-0.39, 0.29) is 29.7 Å². The zero-order valence-electron chi connectivity index (χ0n) is 32.5. The molecular weight excluding hydrogens is 718 g/mol. The smallest absolute Gasteiger partial charge is 0.338 e. The van der Waals surface area contributed by atoms with Gasteiger partial charge < -0.3 is 44.3 Å². The number of rotatable bonds is 9. The standard InChI is InChI=1S/C40H51NO14/c1-19(2)15-25(41-21(4)42)30(46)36(49)53-26-17-40(50)34(54-35(48)24-13-11-10-12-14-24)32-38(9,27(45)16-28-39(32,18-51-28)55-23(6)44)33(47)31(52-22(5)43)29(20(26)3)37(40,7)8/h10-15,25-28,30-32,34,45-46,50H,16-18H2,1-9H3,(H,41,42)/t25?,26?,27?,28?,30?,31?,32?,34?,38-,39?,40?/m1/s1. The van der Waals surface area contributed by atoms with Gasteiger partial charge >= 0.3 is 23.9 Å². The van der Waals surface area contributed by atoms with E-state index in [1.54, 1.807) is 45.9 Å². The van der Waals surface area contributed by atoms with Gasteiger partial charge in [0.05, 0.1) is 35.6 Å². The maximum Gasteiger partial charge on any atom is 0.338 e. The minimum Gasteiger partial charge on any atom is -0.456 e. The number of hydrogen-bond acceptors (Lipinski definition) is 14. The summed E-state index contributed by atoms with van der Waals surface area (Å²) in [5, 5.41) is 39.1. The van der Waals surface area contributed by atoms with Crippen LogP contribution in [-0.4, -0.2) is 111 Å². The van der Waals surface area contributed by atoms with Crippen LogP contribution in [0.2, 0.25) is 0 Å². The van der Waals surface area contributed by atoms with Gasteiger partial charge in [0, 0.05) is 39.0 Å². The van der Waals surface area contributed by atoms with Crippen LogP contribution in [0.1, 0.15) is 85.5 Å². The minimum atomic E-state index is -2.35. The normalized spacial score (nSPS) is 34.4. The third-order valence-corrected chi connectivity index (χ3v) is 11.9. The largest absolute Gasteiger partial charge is 0.456 e. The molecule has 15 heteroatoms. The number of aliphatic hydroxyl groups excluding tert-OH is 2. The highest BCUT2D eigenvalue weighted by Gasteiger charge is 2.78. The zero-order chi connectivity index (χ0) is 41.0. The molecule has 4 aliphatic rings. The van der Waals surface area contributed by atoms with Gasteiger partial charge in [0.2, 0.25) is 5.91 Å². The number of aliphatic hydroxyl groups is 3. The number of hydrogen-bond donors (Lipinski definition) is 4. The van der Waals surface area contributed by atoms with E-state index in [4.69, 9.17) is 23.7 Å². The monoisotopic (exact) mass is 769 g/mol. The predicted molar refractivity (Wildman–Crippen MR) is 192 cm³/mol. The summed E-state index contributed by atoms with van der Waals surface area (Å²) in [7, 11) is 0. The summed E-state index contributed by atoms with van der Waals surface area (Å²) in [5.74, 6) is -6.69. The molecule has 4 N–H and O–H groups in total. The van der Waals surface area contributed by atoms with Crippen LogP contribution in [0.4, 0.5) is 0 Å². The Morgan fingerprint density at radius 3 is 2.13 bits per heavy atom. The Morgan fingerprint density at radius 1 is 0.964 bits per heavy atom. The summed E-state index contributed by atoms with van der Waals surface area (Å²) in [5.41, 5.74) is -6.81. The number of esters is 4. The first-order valence-corrected chi connectivity index (χ1v) is 18.2. The van der Waals surface area contributed by atoms with Gasteiger partial charge in [-0.3, -0.25) is 19.2 Å².